The molecule has 29 heavy (non-hydrogen) atoms. The number of nitrogens with one attached hydrogen (secondary N) is 2. The van der Waals surface area contributed by atoms with Crippen LogP contribution in [0.4, 0.5) is 9.18 Å². The van der Waals surface area contributed by atoms with Crippen molar-refractivity contribution in [3.8, 4) is 0 Å². The number of nitrogens with zero attached hydrogens (tertiary/aromatic N) is 1. The van der Waals surface area contributed by atoms with Crippen molar-refractivity contribution < 1.29 is 36.7 Å². The zero-order valence-corrected chi connectivity index (χ0v) is 16.8. The summed E-state index contributed by atoms with van der Waals surface area (Å²) in [5.41, 5.74) is -0.642. The van der Waals surface area contributed by atoms with E-state index in [4.69, 9.17) is 9.47 Å². The predicted octanol–water partition coefficient (Wildman–Crippen LogP) is 0.238. The number of imide groups is 1. The second-order valence-electron chi connectivity index (χ2n) is 6.05. The summed E-state index contributed by atoms with van der Waals surface area (Å²) in [5.74, 6) is -3.16. The second-order valence-corrected chi connectivity index (χ2v) is 7.99. The summed E-state index contributed by atoms with van der Waals surface area (Å²) in [6, 6.07) is 1.97. The number of hydrogen-bond acceptors (Lipinski definition) is 7. The molecule has 0 radical (unpaired) electrons. The molecule has 1 aliphatic rings. The van der Waals surface area contributed by atoms with E-state index in [-0.39, 0.29) is 37.7 Å². The fourth-order valence-corrected chi connectivity index (χ4v) is 3.89. The van der Waals surface area contributed by atoms with Crippen molar-refractivity contribution in [2.24, 2.45) is 0 Å². The van der Waals surface area contributed by atoms with Crippen LogP contribution >= 0.6 is 0 Å². The Bertz CT molecular complexity index is 885. The maximum atomic E-state index is 14.1. The summed E-state index contributed by atoms with van der Waals surface area (Å²) in [4.78, 5) is 35.2. The van der Waals surface area contributed by atoms with Crippen LogP contribution in [0.5, 0.6) is 0 Å². The number of halogens is 1. The quantitative estimate of drug-likeness (QED) is 0.617. The Hall–Kier alpha value is -2.57. The van der Waals surface area contributed by atoms with Gasteiger partial charge in [-0.25, -0.2) is 22.4 Å². The van der Waals surface area contributed by atoms with Crippen molar-refractivity contribution in [3.63, 3.8) is 0 Å². The van der Waals surface area contributed by atoms with Crippen molar-refractivity contribution in [1.29, 1.82) is 0 Å². The van der Waals surface area contributed by atoms with Gasteiger partial charge in [0.1, 0.15) is 5.82 Å². The van der Waals surface area contributed by atoms with Gasteiger partial charge in [-0.2, -0.15) is 4.31 Å². The molecule has 1 aromatic carbocycles. The number of esters is 1. The Morgan fingerprint density at radius 3 is 2.55 bits per heavy atom. The molecule has 0 aliphatic carbocycles. The maximum absolute atomic E-state index is 14.1. The van der Waals surface area contributed by atoms with Crippen molar-refractivity contribution in [2.45, 2.75) is 24.8 Å². The number of benzene rings is 1. The molecule has 1 unspecified atom stereocenters. The highest BCUT2D eigenvalue weighted by Gasteiger charge is 2.29. The van der Waals surface area contributed by atoms with Gasteiger partial charge in [-0.15, -0.1) is 0 Å². The molecule has 1 saturated heterocycles. The lowest BCUT2D eigenvalue weighted by Crippen LogP contribution is -2.44. The molecule has 1 heterocycles. The Kier molecular flexibility index (Phi) is 7.65. The average Bonchev–Trinajstić information content (AvgIpc) is 2.68. The molecule has 1 aromatic rings. The SMILES string of the molecule is CCNC(=O)NC(=O)C(C)OC(=O)c1cc(S(=O)(=O)N2CCOCC2)ccc1F. The van der Waals surface area contributed by atoms with Gasteiger partial charge in [-0.05, 0) is 32.0 Å². The molecular formula is C17H22FN3O7S. The van der Waals surface area contributed by atoms with Crippen LogP contribution in [0.15, 0.2) is 23.1 Å². The zero-order valence-electron chi connectivity index (χ0n) is 15.9. The van der Waals surface area contributed by atoms with Crippen LogP contribution in [0.1, 0.15) is 24.2 Å². The van der Waals surface area contributed by atoms with E-state index < -0.39 is 45.4 Å². The van der Waals surface area contributed by atoms with Gasteiger partial charge in [-0.1, -0.05) is 0 Å². The van der Waals surface area contributed by atoms with Crippen LogP contribution in [-0.2, 0) is 24.3 Å². The number of sulfonamides is 1. The molecule has 3 amide bonds. The molecular weight excluding hydrogens is 409 g/mol. The molecule has 2 N–H and O–H groups in total. The molecule has 0 bridgehead atoms. The van der Waals surface area contributed by atoms with E-state index >= 15 is 0 Å². The highest BCUT2D eigenvalue weighted by molar-refractivity contribution is 7.89. The molecule has 0 spiro atoms. The van der Waals surface area contributed by atoms with Gasteiger partial charge < -0.3 is 14.8 Å². The third-order valence-electron chi connectivity index (χ3n) is 3.99. The number of rotatable bonds is 6. The summed E-state index contributed by atoms with van der Waals surface area (Å²) in [5, 5.41) is 4.29. The number of urea groups is 1. The summed E-state index contributed by atoms with van der Waals surface area (Å²) >= 11 is 0. The third-order valence-corrected chi connectivity index (χ3v) is 5.89. The Balaban J connectivity index is 2.15. The lowest BCUT2D eigenvalue weighted by molar-refractivity contribution is -0.127. The zero-order chi connectivity index (χ0) is 21.6. The van der Waals surface area contributed by atoms with E-state index in [1.54, 1.807) is 6.92 Å². The molecule has 1 atom stereocenters. The van der Waals surface area contributed by atoms with Gasteiger partial charge in [0, 0.05) is 19.6 Å². The fourth-order valence-electron chi connectivity index (χ4n) is 2.45. The van der Waals surface area contributed by atoms with Crippen LogP contribution in [0, 0.1) is 5.82 Å². The largest absolute Gasteiger partial charge is 0.449 e. The topological polar surface area (TPSA) is 131 Å². The van der Waals surface area contributed by atoms with E-state index in [1.807, 2.05) is 5.32 Å². The Morgan fingerprint density at radius 1 is 1.28 bits per heavy atom. The number of morpholine rings is 1. The molecule has 0 saturated carbocycles. The van der Waals surface area contributed by atoms with Gasteiger partial charge in [0.2, 0.25) is 10.0 Å². The monoisotopic (exact) mass is 431 g/mol. The van der Waals surface area contributed by atoms with Crippen molar-refractivity contribution in [1.82, 2.24) is 14.9 Å². The van der Waals surface area contributed by atoms with Gasteiger partial charge >= 0.3 is 12.0 Å². The molecule has 12 heteroatoms. The third kappa shape index (κ3) is 5.71. The van der Waals surface area contributed by atoms with Gasteiger partial charge in [0.25, 0.3) is 5.91 Å². The fraction of sp³-hybridized carbons (Fsp3) is 0.471. The molecule has 160 valence electrons. The van der Waals surface area contributed by atoms with Gasteiger partial charge in [-0.3, -0.25) is 10.1 Å². The molecule has 0 aromatic heterocycles. The Morgan fingerprint density at radius 2 is 1.93 bits per heavy atom. The second kappa shape index (κ2) is 9.76. The molecule has 1 aliphatic heterocycles. The number of carbonyl (C=O) groups excluding carboxylic acids is 3. The van der Waals surface area contributed by atoms with Crippen LogP contribution in [0.2, 0.25) is 0 Å². The average molecular weight is 431 g/mol. The minimum Gasteiger partial charge on any atom is -0.449 e. The standard InChI is InChI=1S/C17H22FN3O7S/c1-3-19-17(24)20-15(22)11(2)28-16(23)13-10-12(4-5-14(13)18)29(25,26)21-6-8-27-9-7-21/h4-5,10-11H,3,6-9H2,1-2H3,(H2,19,20,22,24). The van der Waals surface area contributed by atoms with E-state index in [2.05, 4.69) is 5.32 Å². The molecule has 2 rings (SSSR count). The lowest BCUT2D eigenvalue weighted by Gasteiger charge is -2.26. The van der Waals surface area contributed by atoms with Crippen LogP contribution < -0.4 is 10.6 Å². The first-order valence-electron chi connectivity index (χ1n) is 8.84. The minimum absolute atomic E-state index is 0.135. The van der Waals surface area contributed by atoms with Crippen LogP contribution in [0.3, 0.4) is 0 Å². The van der Waals surface area contributed by atoms with E-state index in [0.717, 1.165) is 18.2 Å². The van der Waals surface area contributed by atoms with Crippen LogP contribution in [0.25, 0.3) is 0 Å². The lowest BCUT2D eigenvalue weighted by atomic mass is 10.2. The normalized spacial score (nSPS) is 16.0. The van der Waals surface area contributed by atoms with Crippen molar-refractivity contribution >= 4 is 27.9 Å². The first kappa shape index (κ1) is 22.7. The number of ether oxygens (including phenoxy) is 2. The van der Waals surface area contributed by atoms with E-state index in [1.165, 1.54) is 11.2 Å². The first-order valence-corrected chi connectivity index (χ1v) is 10.3. The highest BCUT2D eigenvalue weighted by atomic mass is 32.2. The maximum Gasteiger partial charge on any atom is 0.341 e. The highest BCUT2D eigenvalue weighted by Crippen LogP contribution is 2.21. The smallest absolute Gasteiger partial charge is 0.341 e. The first-order chi connectivity index (χ1) is 13.7. The summed E-state index contributed by atoms with van der Waals surface area (Å²) in [6.45, 7) is 3.85. The summed E-state index contributed by atoms with van der Waals surface area (Å²) in [7, 11) is -3.96. The number of amides is 3. The molecule has 1 fully saturated rings. The van der Waals surface area contributed by atoms with E-state index in [0.29, 0.717) is 0 Å². The van der Waals surface area contributed by atoms with Crippen molar-refractivity contribution in [3.05, 3.63) is 29.6 Å². The Labute approximate surface area is 167 Å². The minimum atomic E-state index is -3.96. The predicted molar refractivity (Wildman–Crippen MR) is 98.1 cm³/mol. The van der Waals surface area contributed by atoms with Crippen LogP contribution in [-0.4, -0.2) is 69.6 Å². The van der Waals surface area contributed by atoms with Gasteiger partial charge in [0.05, 0.1) is 23.7 Å². The number of hydrogen-bond donors (Lipinski definition) is 2. The summed E-state index contributed by atoms with van der Waals surface area (Å²) in [6.07, 6.45) is -1.41. The van der Waals surface area contributed by atoms with E-state index in [9.17, 15) is 27.2 Å². The summed E-state index contributed by atoms with van der Waals surface area (Å²) < 4.78 is 50.6. The van der Waals surface area contributed by atoms with Gasteiger partial charge in [0.15, 0.2) is 6.10 Å². The molecule has 10 nitrogen and oxygen atoms in total. The van der Waals surface area contributed by atoms with Crippen molar-refractivity contribution in [2.75, 3.05) is 32.8 Å². The number of carbonyl (C=O) groups is 3.